The predicted molar refractivity (Wildman–Crippen MR) is 133 cm³/mol. The number of benzene rings is 3. The first kappa shape index (κ1) is 22.2. The number of aryl methyl sites for hydroxylation is 1. The second-order valence-corrected chi connectivity index (χ2v) is 9.17. The molecule has 1 amide bonds. The van der Waals surface area contributed by atoms with Crippen LogP contribution in [-0.2, 0) is 4.79 Å². The van der Waals surface area contributed by atoms with Crippen LogP contribution in [0.25, 0.3) is 16.6 Å². The van der Waals surface area contributed by atoms with Crippen LogP contribution >= 0.6 is 23.4 Å². The molecule has 1 N–H and O–H groups in total. The van der Waals surface area contributed by atoms with E-state index >= 15 is 0 Å². The van der Waals surface area contributed by atoms with E-state index in [4.69, 9.17) is 16.3 Å². The molecule has 2 heterocycles. The zero-order valence-electron chi connectivity index (χ0n) is 18.0. The topological polar surface area (TPSA) is 90.3 Å². The van der Waals surface area contributed by atoms with Gasteiger partial charge in [-0.2, -0.15) is 0 Å². The Morgan fingerprint density at radius 2 is 1.91 bits per heavy atom. The number of ether oxygens (including phenoxy) is 1. The van der Waals surface area contributed by atoms with Gasteiger partial charge in [-0.1, -0.05) is 41.1 Å². The summed E-state index contributed by atoms with van der Waals surface area (Å²) in [6.45, 7) is 1.91. The van der Waals surface area contributed by atoms with Gasteiger partial charge in [0.05, 0.1) is 28.0 Å². The van der Waals surface area contributed by atoms with Crippen molar-refractivity contribution in [1.29, 1.82) is 0 Å². The number of thioether (sulfide) groups is 1. The van der Waals surface area contributed by atoms with Crippen LogP contribution in [0.3, 0.4) is 0 Å². The highest BCUT2D eigenvalue weighted by molar-refractivity contribution is 7.99. The molecule has 1 aliphatic rings. The number of hydrogen-bond acceptors (Lipinski definition) is 6. The van der Waals surface area contributed by atoms with Crippen LogP contribution in [-0.4, -0.2) is 33.6 Å². The zero-order chi connectivity index (χ0) is 23.8. The van der Waals surface area contributed by atoms with Gasteiger partial charge >= 0.3 is 0 Å². The lowest BCUT2D eigenvalue weighted by molar-refractivity contribution is -0.118. The van der Waals surface area contributed by atoms with Gasteiger partial charge in [-0.15, -0.1) is 0 Å². The molecule has 3 aromatic carbocycles. The van der Waals surface area contributed by atoms with Crippen LogP contribution in [0.2, 0.25) is 5.02 Å². The molecule has 170 valence electrons. The van der Waals surface area contributed by atoms with Gasteiger partial charge in [-0.05, 0) is 55.5 Å². The van der Waals surface area contributed by atoms with E-state index in [2.05, 4.69) is 10.3 Å². The fourth-order valence-electron chi connectivity index (χ4n) is 3.63. The number of ketones is 1. The summed E-state index contributed by atoms with van der Waals surface area (Å²) in [6, 6.07) is 17.4. The first-order chi connectivity index (χ1) is 16.4. The first-order valence-electron chi connectivity index (χ1n) is 10.4. The lowest BCUT2D eigenvalue weighted by Crippen LogP contribution is -2.25. The van der Waals surface area contributed by atoms with Crippen LogP contribution in [0.4, 0.5) is 5.69 Å². The monoisotopic (exact) mass is 491 g/mol. The van der Waals surface area contributed by atoms with E-state index in [1.807, 2.05) is 31.2 Å². The van der Waals surface area contributed by atoms with Gasteiger partial charge in [-0.25, -0.2) is 4.98 Å². The summed E-state index contributed by atoms with van der Waals surface area (Å²) in [6.07, 6.45) is 0. The average molecular weight is 492 g/mol. The summed E-state index contributed by atoms with van der Waals surface area (Å²) in [5.74, 6) is 0.110. The van der Waals surface area contributed by atoms with Crippen LogP contribution in [0, 0.1) is 6.92 Å². The second-order valence-electron chi connectivity index (χ2n) is 7.79. The number of halogens is 1. The fourth-order valence-corrected chi connectivity index (χ4v) is 4.70. The van der Waals surface area contributed by atoms with Crippen LogP contribution in [0.5, 0.6) is 5.75 Å². The Bertz CT molecular complexity index is 1520. The molecule has 9 heteroatoms. The zero-order valence-corrected chi connectivity index (χ0v) is 19.6. The number of nitrogens with zero attached hydrogens (tertiary/aromatic N) is 2. The quantitative estimate of drug-likeness (QED) is 0.248. The smallest absolute Gasteiger partial charge is 0.266 e. The molecule has 1 aromatic heterocycles. The average Bonchev–Trinajstić information content (AvgIpc) is 2.82. The lowest BCUT2D eigenvalue weighted by Gasteiger charge is -2.18. The third-order valence-corrected chi connectivity index (χ3v) is 6.53. The number of carbonyl (C=O) groups is 2. The first-order valence-corrected chi connectivity index (χ1v) is 11.8. The molecular weight excluding hydrogens is 474 g/mol. The Labute approximate surface area is 203 Å². The molecule has 0 saturated heterocycles. The summed E-state index contributed by atoms with van der Waals surface area (Å²) in [4.78, 5) is 42.6. The minimum absolute atomic E-state index is 0.0396. The molecule has 1 aliphatic heterocycles. The van der Waals surface area contributed by atoms with Crippen LogP contribution in [0.1, 0.15) is 15.9 Å². The van der Waals surface area contributed by atoms with E-state index < -0.39 is 0 Å². The van der Waals surface area contributed by atoms with Crippen molar-refractivity contribution in [1.82, 2.24) is 9.55 Å². The van der Waals surface area contributed by atoms with Crippen LogP contribution in [0.15, 0.2) is 70.6 Å². The summed E-state index contributed by atoms with van der Waals surface area (Å²) < 4.78 is 6.86. The minimum atomic E-state index is -0.271. The highest BCUT2D eigenvalue weighted by Crippen LogP contribution is 2.30. The molecule has 4 aromatic rings. The van der Waals surface area contributed by atoms with Crippen molar-refractivity contribution in [3.05, 3.63) is 87.2 Å². The maximum Gasteiger partial charge on any atom is 0.266 e. The minimum Gasteiger partial charge on any atom is -0.482 e. The maximum atomic E-state index is 13.4. The van der Waals surface area contributed by atoms with Crippen molar-refractivity contribution in [2.75, 3.05) is 17.7 Å². The number of fused-ring (bicyclic) bond motifs is 2. The molecule has 0 aliphatic carbocycles. The third kappa shape index (κ3) is 4.30. The van der Waals surface area contributed by atoms with Crippen LogP contribution < -0.4 is 15.6 Å². The van der Waals surface area contributed by atoms with Gasteiger partial charge in [0.15, 0.2) is 17.5 Å². The molecule has 0 bridgehead atoms. The van der Waals surface area contributed by atoms with Crippen molar-refractivity contribution >= 4 is 51.6 Å². The second kappa shape index (κ2) is 8.96. The lowest BCUT2D eigenvalue weighted by atomic mass is 10.1. The van der Waals surface area contributed by atoms with Crippen molar-refractivity contribution in [3.8, 4) is 11.4 Å². The highest BCUT2D eigenvalue weighted by Gasteiger charge is 2.19. The van der Waals surface area contributed by atoms with E-state index in [0.29, 0.717) is 43.8 Å². The largest absolute Gasteiger partial charge is 0.482 e. The summed E-state index contributed by atoms with van der Waals surface area (Å²) in [7, 11) is 0. The van der Waals surface area contributed by atoms with E-state index in [0.717, 1.165) is 17.3 Å². The van der Waals surface area contributed by atoms with E-state index in [-0.39, 0.29) is 29.6 Å². The van der Waals surface area contributed by atoms with Gasteiger partial charge in [0.1, 0.15) is 5.75 Å². The number of anilines is 1. The molecular formula is C25H18ClN3O4S. The SMILES string of the molecule is Cc1ccc(-n2c(SCC(=O)c3ccc4c(c3)NC(=O)CO4)nc3cc(Cl)ccc3c2=O)cc1. The van der Waals surface area contributed by atoms with E-state index in [1.54, 1.807) is 36.4 Å². The maximum absolute atomic E-state index is 13.4. The number of hydrogen-bond donors (Lipinski definition) is 1. The highest BCUT2D eigenvalue weighted by atomic mass is 35.5. The van der Waals surface area contributed by atoms with Crippen molar-refractivity contribution in [3.63, 3.8) is 0 Å². The number of aromatic nitrogens is 2. The van der Waals surface area contributed by atoms with Gasteiger partial charge in [0.25, 0.3) is 11.5 Å². The Kier molecular flexibility index (Phi) is 5.85. The number of nitrogens with one attached hydrogen (secondary N) is 1. The predicted octanol–water partition coefficient (Wildman–Crippen LogP) is 4.65. The summed E-state index contributed by atoms with van der Waals surface area (Å²) in [5.41, 5.74) is 2.82. The Morgan fingerprint density at radius 1 is 1.12 bits per heavy atom. The summed E-state index contributed by atoms with van der Waals surface area (Å²) >= 11 is 7.29. The van der Waals surface area contributed by atoms with Crippen molar-refractivity contribution in [2.45, 2.75) is 12.1 Å². The fraction of sp³-hybridized carbons (Fsp3) is 0.120. The van der Waals surface area contributed by atoms with Gasteiger partial charge < -0.3 is 10.1 Å². The third-order valence-electron chi connectivity index (χ3n) is 5.36. The molecule has 0 unspecified atom stereocenters. The molecule has 0 saturated carbocycles. The number of rotatable bonds is 5. The molecule has 0 spiro atoms. The Morgan fingerprint density at radius 3 is 2.71 bits per heavy atom. The Hall–Kier alpha value is -3.62. The molecule has 0 atom stereocenters. The molecule has 7 nitrogen and oxygen atoms in total. The number of amides is 1. The molecule has 0 fully saturated rings. The summed E-state index contributed by atoms with van der Waals surface area (Å²) in [5, 5.41) is 3.99. The number of carbonyl (C=O) groups excluding carboxylic acids is 2. The van der Waals surface area contributed by atoms with Gasteiger partial charge in [0.2, 0.25) is 0 Å². The standard InChI is InChI=1S/C25H18ClN3O4S/c1-14-2-6-17(7-3-14)29-24(32)18-8-5-16(26)11-19(18)28-25(29)34-13-21(30)15-4-9-22-20(10-15)27-23(31)12-33-22/h2-11H,12-13H2,1H3,(H,27,31). The molecule has 34 heavy (non-hydrogen) atoms. The van der Waals surface area contributed by atoms with Crippen molar-refractivity contribution < 1.29 is 14.3 Å². The normalized spacial score (nSPS) is 12.7. The van der Waals surface area contributed by atoms with E-state index in [9.17, 15) is 14.4 Å². The van der Waals surface area contributed by atoms with E-state index in [1.165, 1.54) is 4.57 Å². The van der Waals surface area contributed by atoms with Crippen molar-refractivity contribution in [2.24, 2.45) is 0 Å². The van der Waals surface area contributed by atoms with Gasteiger partial charge in [-0.3, -0.25) is 19.0 Å². The number of Topliss-reactive ketones (excluding diaryl/α,β-unsaturated/α-hetero) is 1. The molecule has 5 rings (SSSR count). The Balaban J connectivity index is 1.50. The molecule has 0 radical (unpaired) electrons. The van der Waals surface area contributed by atoms with Gasteiger partial charge in [0, 0.05) is 10.6 Å².